The standard InChI is InChI=1S/C12H10N4O3S/c17-11(14-12-13-5-6-20-12)10-7-15(18)8-3-1-2-4-9(8)16(10)19/h1-7,11,17H,(H,13,14). The van der Waals surface area contributed by atoms with E-state index < -0.39 is 6.23 Å². The van der Waals surface area contributed by atoms with Crippen LogP contribution in [0, 0.1) is 10.1 Å². The average Bonchev–Trinajstić information content (AvgIpc) is 2.95. The first kappa shape index (κ1) is 12.6. The second-order valence-electron chi connectivity index (χ2n) is 4.05. The lowest BCUT2D eigenvalue weighted by Gasteiger charge is -2.20. The zero-order valence-electron chi connectivity index (χ0n) is 10.1. The molecule has 1 aromatic carbocycles. The molecule has 20 heavy (non-hydrogen) atoms. The van der Waals surface area contributed by atoms with Crippen LogP contribution in [0.5, 0.6) is 0 Å². The van der Waals surface area contributed by atoms with Crippen molar-refractivity contribution in [2.24, 2.45) is 0 Å². The van der Waals surface area contributed by atoms with Gasteiger partial charge in [0.2, 0.25) is 0 Å². The third-order valence-corrected chi connectivity index (χ3v) is 3.50. The molecule has 7 nitrogen and oxygen atoms in total. The Labute approximate surface area is 116 Å². The molecule has 0 fully saturated rings. The van der Waals surface area contributed by atoms with Gasteiger partial charge in [-0.05, 0) is 6.07 Å². The first-order chi connectivity index (χ1) is 9.66. The molecule has 2 N–H and O–H groups in total. The van der Waals surface area contributed by atoms with Crippen molar-refractivity contribution in [1.29, 1.82) is 0 Å². The number of aromatic nitrogens is 3. The molecule has 0 aliphatic carbocycles. The number of para-hydroxylation sites is 2. The minimum Gasteiger partial charge on any atom is -0.805 e. The van der Waals surface area contributed by atoms with Crippen LogP contribution in [0.25, 0.3) is 11.0 Å². The molecule has 102 valence electrons. The summed E-state index contributed by atoms with van der Waals surface area (Å²) in [4.78, 5) is 15.8. The topological polar surface area (TPSA) is 96.1 Å². The lowest BCUT2D eigenvalue weighted by atomic mass is 10.3. The monoisotopic (exact) mass is 290 g/mol. The van der Waals surface area contributed by atoms with Gasteiger partial charge in [0.25, 0.3) is 11.7 Å². The number of fused-ring (bicyclic) bond motifs is 1. The Morgan fingerprint density at radius 2 is 2.25 bits per heavy atom. The third kappa shape index (κ3) is 2.10. The van der Waals surface area contributed by atoms with Gasteiger partial charge in [0.15, 0.2) is 11.4 Å². The smallest absolute Gasteiger partial charge is 0.285 e. The van der Waals surface area contributed by atoms with Crippen molar-refractivity contribution in [2.45, 2.75) is 6.23 Å². The summed E-state index contributed by atoms with van der Waals surface area (Å²) in [5.41, 5.74) is 0.349. The lowest BCUT2D eigenvalue weighted by molar-refractivity contribution is -0.465. The van der Waals surface area contributed by atoms with Crippen molar-refractivity contribution in [1.82, 2.24) is 9.71 Å². The molecule has 0 bridgehead atoms. The summed E-state index contributed by atoms with van der Waals surface area (Å²) < 4.78 is 1.10. The zero-order chi connectivity index (χ0) is 14.1. The van der Waals surface area contributed by atoms with E-state index in [-0.39, 0.29) is 16.7 Å². The van der Waals surface area contributed by atoms with Gasteiger partial charge in [-0.15, -0.1) is 11.3 Å². The summed E-state index contributed by atoms with van der Waals surface area (Å²) in [6, 6.07) is 6.39. The van der Waals surface area contributed by atoms with Crippen LogP contribution in [0.2, 0.25) is 0 Å². The van der Waals surface area contributed by atoms with Crippen LogP contribution in [0.4, 0.5) is 5.13 Å². The van der Waals surface area contributed by atoms with Crippen molar-refractivity contribution < 1.29 is 9.53 Å². The van der Waals surface area contributed by atoms with Crippen molar-refractivity contribution in [3.05, 3.63) is 57.8 Å². The number of hydrogen-bond acceptors (Lipinski definition) is 6. The Balaban J connectivity index is 2.07. The van der Waals surface area contributed by atoms with E-state index in [2.05, 4.69) is 10.3 Å². The quantitative estimate of drug-likeness (QED) is 0.562. The second kappa shape index (κ2) is 4.91. The maximum atomic E-state index is 12.2. The van der Waals surface area contributed by atoms with E-state index in [9.17, 15) is 15.2 Å². The van der Waals surface area contributed by atoms with Gasteiger partial charge < -0.3 is 20.4 Å². The summed E-state index contributed by atoms with van der Waals surface area (Å²) in [7, 11) is 0. The number of rotatable bonds is 3. The van der Waals surface area contributed by atoms with Crippen LogP contribution in [0.3, 0.4) is 0 Å². The van der Waals surface area contributed by atoms with E-state index in [1.807, 2.05) is 0 Å². The molecule has 1 atom stereocenters. The Kier molecular flexibility index (Phi) is 3.09. The summed E-state index contributed by atoms with van der Waals surface area (Å²) in [5, 5.41) is 27.1. The molecule has 1 unspecified atom stereocenters. The van der Waals surface area contributed by atoms with Crippen LogP contribution in [0.1, 0.15) is 11.9 Å². The van der Waals surface area contributed by atoms with Gasteiger partial charge in [-0.25, -0.2) is 4.98 Å². The first-order valence-electron chi connectivity index (χ1n) is 5.75. The van der Waals surface area contributed by atoms with Crippen LogP contribution < -0.4 is 9.74 Å². The van der Waals surface area contributed by atoms with Gasteiger partial charge in [0, 0.05) is 22.6 Å². The number of nitrogens with one attached hydrogen (secondary N) is 1. The summed E-state index contributed by atoms with van der Waals surface area (Å²) >= 11 is 1.28. The normalized spacial score (nSPS) is 12.4. The Morgan fingerprint density at radius 1 is 1.45 bits per heavy atom. The van der Waals surface area contributed by atoms with Crippen molar-refractivity contribution >= 4 is 27.5 Å². The molecule has 3 aromatic rings. The highest BCUT2D eigenvalue weighted by Gasteiger charge is 2.18. The average molecular weight is 290 g/mol. The molecule has 0 spiro atoms. The molecule has 0 saturated carbocycles. The minimum atomic E-state index is -1.32. The molecule has 8 heteroatoms. The number of nitrogens with zero attached hydrogens (tertiary/aromatic N) is 3. The van der Waals surface area contributed by atoms with Gasteiger partial charge in [-0.3, -0.25) is 0 Å². The van der Waals surface area contributed by atoms with Crippen LogP contribution in [-0.2, 0) is 0 Å². The highest BCUT2D eigenvalue weighted by Crippen LogP contribution is 2.20. The molecule has 2 heterocycles. The fraction of sp³-hybridized carbons (Fsp3) is 0.0833. The maximum Gasteiger partial charge on any atom is 0.285 e. The first-order valence-corrected chi connectivity index (χ1v) is 6.63. The van der Waals surface area contributed by atoms with Gasteiger partial charge in [-0.1, -0.05) is 12.1 Å². The molecule has 0 aliphatic heterocycles. The summed E-state index contributed by atoms with van der Waals surface area (Å²) in [6.07, 6.45) is 1.31. The molecule has 0 radical (unpaired) electrons. The van der Waals surface area contributed by atoms with Crippen LogP contribution >= 0.6 is 11.3 Å². The molecule has 3 rings (SSSR count). The largest absolute Gasteiger partial charge is 0.805 e. The van der Waals surface area contributed by atoms with Gasteiger partial charge >= 0.3 is 0 Å². The fourth-order valence-electron chi connectivity index (χ4n) is 1.87. The summed E-state index contributed by atoms with van der Waals surface area (Å²) in [5.74, 6) is 0. The van der Waals surface area contributed by atoms with E-state index >= 15 is 0 Å². The highest BCUT2D eigenvalue weighted by atomic mass is 32.1. The van der Waals surface area contributed by atoms with Crippen molar-refractivity contribution in [3.8, 4) is 0 Å². The predicted molar refractivity (Wildman–Crippen MR) is 74.8 cm³/mol. The van der Waals surface area contributed by atoms with Crippen molar-refractivity contribution in [3.63, 3.8) is 0 Å². The van der Waals surface area contributed by atoms with E-state index in [4.69, 9.17) is 0 Å². The fourth-order valence-corrected chi connectivity index (χ4v) is 2.42. The lowest BCUT2D eigenvalue weighted by Crippen LogP contribution is -2.24. The van der Waals surface area contributed by atoms with Gasteiger partial charge in [-0.2, -0.15) is 0 Å². The number of anilines is 1. The highest BCUT2D eigenvalue weighted by molar-refractivity contribution is 7.13. The number of hydrogen-bond donors (Lipinski definition) is 2. The zero-order valence-corrected chi connectivity index (χ0v) is 10.9. The number of aliphatic hydroxyl groups excluding tert-OH is 1. The molecule has 0 amide bonds. The van der Waals surface area contributed by atoms with E-state index in [0.29, 0.717) is 14.3 Å². The molecular formula is C12H10N4O3S. The van der Waals surface area contributed by atoms with Crippen LogP contribution in [0.15, 0.2) is 42.0 Å². The molecule has 0 aliphatic rings. The SMILES string of the molecule is O=[n+]1cc(C(O)Nc2nccs2)n([O-])c2ccccc21. The maximum absolute atomic E-state index is 12.2. The molecule has 2 aromatic heterocycles. The predicted octanol–water partition coefficient (Wildman–Crippen LogP) is 1.46. The third-order valence-electron chi connectivity index (χ3n) is 2.79. The second-order valence-corrected chi connectivity index (χ2v) is 4.94. The van der Waals surface area contributed by atoms with E-state index in [1.165, 1.54) is 17.4 Å². The van der Waals surface area contributed by atoms with E-state index in [0.717, 1.165) is 6.20 Å². The Morgan fingerprint density at radius 3 is 3.00 bits per heavy atom. The Bertz CT molecular complexity index is 800. The van der Waals surface area contributed by atoms with Crippen molar-refractivity contribution in [2.75, 3.05) is 5.32 Å². The molecular weight excluding hydrogens is 280 g/mol. The van der Waals surface area contributed by atoms with Gasteiger partial charge in [0.05, 0.1) is 4.43 Å². The summed E-state index contributed by atoms with van der Waals surface area (Å²) in [6.45, 7) is 0. The van der Waals surface area contributed by atoms with Crippen LogP contribution in [-0.4, -0.2) is 14.8 Å². The number of benzene rings is 1. The molecule has 0 saturated heterocycles. The number of aliphatic hydroxyl groups is 1. The Hall–Kier alpha value is -2.45. The van der Waals surface area contributed by atoms with E-state index in [1.54, 1.807) is 29.8 Å². The minimum absolute atomic E-state index is 0.0890. The van der Waals surface area contributed by atoms with Gasteiger partial charge in [0.1, 0.15) is 11.2 Å². The number of thiazole rings is 1.